The van der Waals surface area contributed by atoms with Gasteiger partial charge in [-0.05, 0) is 24.0 Å². The molecule has 0 saturated carbocycles. The average Bonchev–Trinajstić information content (AvgIpc) is 2.36. The van der Waals surface area contributed by atoms with E-state index in [-0.39, 0.29) is 5.91 Å². The summed E-state index contributed by atoms with van der Waals surface area (Å²) >= 11 is 0. The first kappa shape index (κ1) is 15.6. The minimum atomic E-state index is 0.0690. The van der Waals surface area contributed by atoms with Crippen molar-refractivity contribution >= 4 is 5.91 Å². The van der Waals surface area contributed by atoms with E-state index in [0.29, 0.717) is 23.9 Å². The summed E-state index contributed by atoms with van der Waals surface area (Å²) in [6, 6.07) is 3.55. The van der Waals surface area contributed by atoms with E-state index in [1.165, 1.54) is 0 Å². The first-order valence-electron chi connectivity index (χ1n) is 6.88. The Bertz CT molecular complexity index is 406. The van der Waals surface area contributed by atoms with Crippen LogP contribution in [0, 0.1) is 11.8 Å². The van der Waals surface area contributed by atoms with Gasteiger partial charge in [-0.3, -0.25) is 9.78 Å². The molecule has 0 atom stereocenters. The van der Waals surface area contributed by atoms with Crippen molar-refractivity contribution < 1.29 is 4.79 Å². The Morgan fingerprint density at radius 1 is 1.26 bits per heavy atom. The molecule has 1 aromatic heterocycles. The van der Waals surface area contributed by atoms with Gasteiger partial charge in [-0.1, -0.05) is 27.7 Å². The summed E-state index contributed by atoms with van der Waals surface area (Å²) in [6.45, 7) is 10.4. The zero-order valence-electron chi connectivity index (χ0n) is 12.4. The molecule has 0 bridgehead atoms. The summed E-state index contributed by atoms with van der Waals surface area (Å²) in [5.41, 5.74) is 7.00. The Labute approximate surface area is 116 Å². The van der Waals surface area contributed by atoms with Gasteiger partial charge in [0.05, 0.1) is 5.69 Å². The Morgan fingerprint density at radius 3 is 2.32 bits per heavy atom. The summed E-state index contributed by atoms with van der Waals surface area (Å²) in [6.07, 6.45) is 1.65. The molecule has 1 amide bonds. The van der Waals surface area contributed by atoms with Crippen LogP contribution in [0.2, 0.25) is 0 Å². The van der Waals surface area contributed by atoms with Crippen molar-refractivity contribution in [2.24, 2.45) is 17.6 Å². The van der Waals surface area contributed by atoms with Gasteiger partial charge < -0.3 is 10.6 Å². The van der Waals surface area contributed by atoms with Crippen molar-refractivity contribution in [3.8, 4) is 0 Å². The number of carbonyl (C=O) groups is 1. The lowest BCUT2D eigenvalue weighted by atomic mass is 10.1. The van der Waals surface area contributed by atoms with E-state index in [0.717, 1.165) is 18.8 Å². The van der Waals surface area contributed by atoms with Crippen LogP contribution in [0.1, 0.15) is 43.7 Å². The average molecular weight is 263 g/mol. The van der Waals surface area contributed by atoms with Crippen molar-refractivity contribution in [3.05, 3.63) is 29.6 Å². The maximum atomic E-state index is 12.5. The number of rotatable bonds is 6. The Kier molecular flexibility index (Phi) is 5.96. The number of nitrogens with two attached hydrogens (primary N) is 1. The SMILES string of the molecule is CC(C)CN(CC(C)C)C(=O)c1ccnc(CN)c1. The van der Waals surface area contributed by atoms with E-state index in [4.69, 9.17) is 5.73 Å². The third-order valence-electron chi connectivity index (χ3n) is 2.73. The molecule has 0 aliphatic rings. The first-order chi connectivity index (χ1) is 8.93. The standard InChI is InChI=1S/C15H25N3O/c1-11(2)9-18(10-12(3)4)15(19)13-5-6-17-14(7-13)8-16/h5-7,11-12H,8-10,16H2,1-4H3. The molecule has 19 heavy (non-hydrogen) atoms. The largest absolute Gasteiger partial charge is 0.338 e. The topological polar surface area (TPSA) is 59.2 Å². The van der Waals surface area contributed by atoms with Gasteiger partial charge in [-0.25, -0.2) is 0 Å². The molecule has 0 fully saturated rings. The minimum Gasteiger partial charge on any atom is -0.338 e. The maximum Gasteiger partial charge on any atom is 0.253 e. The highest BCUT2D eigenvalue weighted by molar-refractivity contribution is 5.94. The van der Waals surface area contributed by atoms with Crippen LogP contribution >= 0.6 is 0 Å². The van der Waals surface area contributed by atoms with Crippen LogP contribution in [-0.2, 0) is 6.54 Å². The number of amides is 1. The van der Waals surface area contributed by atoms with Gasteiger partial charge in [0, 0.05) is 31.4 Å². The molecular weight excluding hydrogens is 238 g/mol. The van der Waals surface area contributed by atoms with Crippen molar-refractivity contribution in [1.29, 1.82) is 0 Å². The fourth-order valence-electron chi connectivity index (χ4n) is 2.03. The van der Waals surface area contributed by atoms with Crippen molar-refractivity contribution in [2.75, 3.05) is 13.1 Å². The van der Waals surface area contributed by atoms with Crippen LogP contribution in [0.5, 0.6) is 0 Å². The van der Waals surface area contributed by atoms with E-state index in [1.807, 2.05) is 4.90 Å². The van der Waals surface area contributed by atoms with Crippen LogP contribution in [0.25, 0.3) is 0 Å². The second-order valence-corrected chi connectivity index (χ2v) is 5.74. The molecule has 0 saturated heterocycles. The second-order valence-electron chi connectivity index (χ2n) is 5.74. The third-order valence-corrected chi connectivity index (χ3v) is 2.73. The first-order valence-corrected chi connectivity index (χ1v) is 6.88. The van der Waals surface area contributed by atoms with Crippen LogP contribution in [0.4, 0.5) is 0 Å². The number of hydrogen-bond acceptors (Lipinski definition) is 3. The lowest BCUT2D eigenvalue weighted by Gasteiger charge is -2.26. The summed E-state index contributed by atoms with van der Waals surface area (Å²) in [5, 5.41) is 0. The number of pyridine rings is 1. The van der Waals surface area contributed by atoms with E-state index < -0.39 is 0 Å². The van der Waals surface area contributed by atoms with E-state index in [2.05, 4.69) is 32.7 Å². The molecule has 0 unspecified atom stereocenters. The van der Waals surface area contributed by atoms with Crippen LogP contribution in [0.15, 0.2) is 18.3 Å². The van der Waals surface area contributed by atoms with Crippen LogP contribution in [-0.4, -0.2) is 28.9 Å². The molecule has 0 aliphatic heterocycles. The summed E-state index contributed by atoms with van der Waals surface area (Å²) in [5.74, 6) is 0.983. The molecular formula is C15H25N3O. The van der Waals surface area contributed by atoms with Gasteiger partial charge in [0.25, 0.3) is 5.91 Å². The van der Waals surface area contributed by atoms with Crippen LogP contribution < -0.4 is 5.73 Å². The highest BCUT2D eigenvalue weighted by Gasteiger charge is 2.18. The number of hydrogen-bond donors (Lipinski definition) is 1. The van der Waals surface area contributed by atoms with E-state index >= 15 is 0 Å². The van der Waals surface area contributed by atoms with Gasteiger partial charge in [0.2, 0.25) is 0 Å². The highest BCUT2D eigenvalue weighted by Crippen LogP contribution is 2.11. The molecule has 0 aromatic carbocycles. The van der Waals surface area contributed by atoms with Crippen molar-refractivity contribution in [3.63, 3.8) is 0 Å². The minimum absolute atomic E-state index is 0.0690. The third kappa shape index (κ3) is 4.99. The molecule has 4 heteroatoms. The molecule has 0 radical (unpaired) electrons. The highest BCUT2D eigenvalue weighted by atomic mass is 16.2. The summed E-state index contributed by atoms with van der Waals surface area (Å²) in [7, 11) is 0. The predicted octanol–water partition coefficient (Wildman–Crippen LogP) is 2.29. The van der Waals surface area contributed by atoms with Crippen molar-refractivity contribution in [1.82, 2.24) is 9.88 Å². The molecule has 106 valence electrons. The summed E-state index contributed by atoms with van der Waals surface area (Å²) < 4.78 is 0. The lowest BCUT2D eigenvalue weighted by Crippen LogP contribution is -2.37. The van der Waals surface area contributed by atoms with Gasteiger partial charge in [0.1, 0.15) is 0 Å². The normalized spacial score (nSPS) is 11.1. The quantitative estimate of drug-likeness (QED) is 0.856. The second kappa shape index (κ2) is 7.24. The van der Waals surface area contributed by atoms with E-state index in [1.54, 1.807) is 18.3 Å². The summed E-state index contributed by atoms with van der Waals surface area (Å²) in [4.78, 5) is 18.6. The molecule has 1 rings (SSSR count). The number of aromatic nitrogens is 1. The van der Waals surface area contributed by atoms with Gasteiger partial charge >= 0.3 is 0 Å². The number of carbonyl (C=O) groups excluding carboxylic acids is 1. The molecule has 2 N–H and O–H groups in total. The van der Waals surface area contributed by atoms with Crippen LogP contribution in [0.3, 0.4) is 0 Å². The van der Waals surface area contributed by atoms with Crippen molar-refractivity contribution in [2.45, 2.75) is 34.2 Å². The zero-order valence-corrected chi connectivity index (χ0v) is 12.4. The fourth-order valence-corrected chi connectivity index (χ4v) is 2.03. The zero-order chi connectivity index (χ0) is 14.4. The van der Waals surface area contributed by atoms with E-state index in [9.17, 15) is 4.79 Å². The molecule has 0 spiro atoms. The molecule has 0 aliphatic carbocycles. The predicted molar refractivity (Wildman–Crippen MR) is 77.7 cm³/mol. The number of nitrogens with zero attached hydrogens (tertiary/aromatic N) is 2. The monoisotopic (exact) mass is 263 g/mol. The van der Waals surface area contributed by atoms with Gasteiger partial charge in [-0.15, -0.1) is 0 Å². The molecule has 1 aromatic rings. The smallest absolute Gasteiger partial charge is 0.253 e. The van der Waals surface area contributed by atoms with Gasteiger partial charge in [-0.2, -0.15) is 0 Å². The van der Waals surface area contributed by atoms with Gasteiger partial charge in [0.15, 0.2) is 0 Å². The fraction of sp³-hybridized carbons (Fsp3) is 0.600. The lowest BCUT2D eigenvalue weighted by molar-refractivity contribution is 0.0715. The Balaban J connectivity index is 2.90. The Hall–Kier alpha value is -1.42. The molecule has 1 heterocycles. The molecule has 4 nitrogen and oxygen atoms in total. The maximum absolute atomic E-state index is 12.5. The Morgan fingerprint density at radius 2 is 1.84 bits per heavy atom.